The third-order valence-electron chi connectivity index (χ3n) is 3.76. The minimum Gasteiger partial charge on any atom is -0.312 e. The minimum absolute atomic E-state index is 0.620. The molecule has 0 radical (unpaired) electrons. The molecule has 1 atom stereocenters. The Labute approximate surface area is 133 Å². The van der Waals surface area contributed by atoms with Crippen LogP contribution in [0.3, 0.4) is 0 Å². The van der Waals surface area contributed by atoms with Crippen molar-refractivity contribution in [2.24, 2.45) is 5.92 Å². The summed E-state index contributed by atoms with van der Waals surface area (Å²) in [7, 11) is 2.19. The molecule has 0 aromatic heterocycles. The van der Waals surface area contributed by atoms with Crippen LogP contribution in [-0.4, -0.2) is 24.5 Å². The summed E-state index contributed by atoms with van der Waals surface area (Å²) in [4.78, 5) is 2.40. The number of nitrogens with one attached hydrogen (secondary N) is 1. The van der Waals surface area contributed by atoms with Gasteiger partial charge in [-0.2, -0.15) is 0 Å². The van der Waals surface area contributed by atoms with E-state index >= 15 is 0 Å². The van der Waals surface area contributed by atoms with Gasteiger partial charge in [-0.15, -0.1) is 0 Å². The Balaban J connectivity index is 2.59. The van der Waals surface area contributed by atoms with E-state index in [1.807, 2.05) is 0 Å². The number of benzene rings is 1. The van der Waals surface area contributed by atoms with E-state index in [-0.39, 0.29) is 0 Å². The fourth-order valence-electron chi connectivity index (χ4n) is 2.07. The molecule has 0 saturated carbocycles. The van der Waals surface area contributed by atoms with Crippen LogP contribution >= 0.6 is 15.9 Å². The zero-order valence-corrected chi connectivity index (χ0v) is 15.1. The van der Waals surface area contributed by atoms with Crippen molar-refractivity contribution >= 4 is 15.9 Å². The predicted molar refractivity (Wildman–Crippen MR) is 91.9 cm³/mol. The first-order valence-corrected chi connectivity index (χ1v) is 8.41. The van der Waals surface area contributed by atoms with E-state index in [4.69, 9.17) is 0 Å². The van der Waals surface area contributed by atoms with E-state index in [0.29, 0.717) is 12.0 Å². The Hall–Kier alpha value is -0.380. The normalized spacial score (nSPS) is 13.2. The van der Waals surface area contributed by atoms with Crippen LogP contribution in [0.4, 0.5) is 0 Å². The third kappa shape index (κ3) is 5.94. The molecule has 0 aliphatic rings. The lowest BCUT2D eigenvalue weighted by Gasteiger charge is -2.24. The molecule has 0 aliphatic carbocycles. The smallest absolute Gasteiger partial charge is 0.0244 e. The lowest BCUT2D eigenvalue weighted by molar-refractivity contribution is 0.243. The SMILES string of the molecule is CCC(C)N(C)Cc1ccc(CNCC(C)C)cc1Br. The van der Waals surface area contributed by atoms with Gasteiger partial charge in [0.1, 0.15) is 0 Å². The molecule has 0 spiro atoms. The Kier molecular flexibility index (Phi) is 7.78. The molecule has 0 heterocycles. The lowest BCUT2D eigenvalue weighted by Crippen LogP contribution is -2.27. The van der Waals surface area contributed by atoms with Gasteiger partial charge in [0.05, 0.1) is 0 Å². The van der Waals surface area contributed by atoms with Crippen molar-refractivity contribution < 1.29 is 0 Å². The fourth-order valence-corrected chi connectivity index (χ4v) is 2.62. The molecular formula is C17H29BrN2. The average Bonchev–Trinajstić information content (AvgIpc) is 2.40. The maximum atomic E-state index is 3.71. The summed E-state index contributed by atoms with van der Waals surface area (Å²) < 4.78 is 1.22. The molecule has 0 saturated heterocycles. The molecule has 114 valence electrons. The summed E-state index contributed by atoms with van der Waals surface area (Å²) in [5.41, 5.74) is 2.70. The molecule has 1 aromatic carbocycles. The van der Waals surface area contributed by atoms with Crippen molar-refractivity contribution in [3.63, 3.8) is 0 Å². The molecule has 20 heavy (non-hydrogen) atoms. The van der Waals surface area contributed by atoms with E-state index in [2.05, 4.69) is 79.1 Å². The summed E-state index contributed by atoms with van der Waals surface area (Å²) in [6, 6.07) is 7.34. The third-order valence-corrected chi connectivity index (χ3v) is 4.50. The summed E-state index contributed by atoms with van der Waals surface area (Å²) in [5, 5.41) is 3.48. The van der Waals surface area contributed by atoms with Gasteiger partial charge >= 0.3 is 0 Å². The standard InChI is InChI=1S/C17H29BrN2/c1-6-14(4)20(5)12-16-8-7-15(9-17(16)18)11-19-10-13(2)3/h7-9,13-14,19H,6,10-12H2,1-5H3. The van der Waals surface area contributed by atoms with E-state index in [0.717, 1.165) is 19.6 Å². The molecule has 3 heteroatoms. The van der Waals surface area contributed by atoms with Gasteiger partial charge in [-0.3, -0.25) is 4.90 Å². The Bertz CT molecular complexity index is 404. The van der Waals surface area contributed by atoms with Crippen LogP contribution in [0.1, 0.15) is 45.2 Å². The zero-order chi connectivity index (χ0) is 15.1. The number of rotatable bonds is 8. The van der Waals surface area contributed by atoms with Gasteiger partial charge in [0.25, 0.3) is 0 Å². The first kappa shape index (κ1) is 17.7. The Morgan fingerprint density at radius 2 is 1.95 bits per heavy atom. The highest BCUT2D eigenvalue weighted by atomic mass is 79.9. The maximum absolute atomic E-state index is 3.71. The van der Waals surface area contributed by atoms with Crippen molar-refractivity contribution in [2.45, 2.75) is 53.2 Å². The molecule has 1 N–H and O–H groups in total. The second-order valence-corrected chi connectivity index (χ2v) is 6.98. The zero-order valence-electron chi connectivity index (χ0n) is 13.5. The van der Waals surface area contributed by atoms with E-state index in [9.17, 15) is 0 Å². The van der Waals surface area contributed by atoms with E-state index in [1.165, 1.54) is 22.0 Å². The largest absolute Gasteiger partial charge is 0.312 e. The van der Waals surface area contributed by atoms with Crippen LogP contribution in [0.15, 0.2) is 22.7 Å². The average molecular weight is 341 g/mol. The monoisotopic (exact) mass is 340 g/mol. The molecule has 0 fully saturated rings. The van der Waals surface area contributed by atoms with Gasteiger partial charge in [-0.1, -0.05) is 48.8 Å². The lowest BCUT2D eigenvalue weighted by atomic mass is 10.1. The summed E-state index contributed by atoms with van der Waals surface area (Å²) in [6.07, 6.45) is 1.19. The van der Waals surface area contributed by atoms with Crippen LogP contribution in [0, 0.1) is 5.92 Å². The number of hydrogen-bond acceptors (Lipinski definition) is 2. The van der Waals surface area contributed by atoms with E-state index in [1.54, 1.807) is 0 Å². The van der Waals surface area contributed by atoms with Crippen molar-refractivity contribution in [3.05, 3.63) is 33.8 Å². The molecular weight excluding hydrogens is 312 g/mol. The van der Waals surface area contributed by atoms with Crippen LogP contribution in [0.5, 0.6) is 0 Å². The highest BCUT2D eigenvalue weighted by molar-refractivity contribution is 9.10. The van der Waals surface area contributed by atoms with Crippen LogP contribution in [-0.2, 0) is 13.1 Å². The predicted octanol–water partition coefficient (Wildman–Crippen LogP) is 4.43. The van der Waals surface area contributed by atoms with Crippen molar-refractivity contribution in [1.82, 2.24) is 10.2 Å². The molecule has 1 unspecified atom stereocenters. The highest BCUT2D eigenvalue weighted by Gasteiger charge is 2.09. The van der Waals surface area contributed by atoms with Crippen LogP contribution < -0.4 is 5.32 Å². The van der Waals surface area contributed by atoms with Gasteiger partial charge in [-0.05, 0) is 50.0 Å². The first-order valence-electron chi connectivity index (χ1n) is 7.62. The summed E-state index contributed by atoms with van der Waals surface area (Å²) in [5.74, 6) is 0.696. The quantitative estimate of drug-likeness (QED) is 0.753. The number of halogens is 1. The second-order valence-electron chi connectivity index (χ2n) is 6.12. The van der Waals surface area contributed by atoms with Gasteiger partial charge in [-0.25, -0.2) is 0 Å². The topological polar surface area (TPSA) is 15.3 Å². The van der Waals surface area contributed by atoms with Crippen LogP contribution in [0.25, 0.3) is 0 Å². The maximum Gasteiger partial charge on any atom is 0.0244 e. The van der Waals surface area contributed by atoms with Gasteiger partial charge in [0, 0.05) is 23.6 Å². The second kappa shape index (κ2) is 8.81. The highest BCUT2D eigenvalue weighted by Crippen LogP contribution is 2.21. The van der Waals surface area contributed by atoms with Crippen LogP contribution in [0.2, 0.25) is 0 Å². The van der Waals surface area contributed by atoms with Crippen molar-refractivity contribution in [2.75, 3.05) is 13.6 Å². The summed E-state index contributed by atoms with van der Waals surface area (Å²) >= 11 is 3.71. The fraction of sp³-hybridized carbons (Fsp3) is 0.647. The van der Waals surface area contributed by atoms with Crippen molar-refractivity contribution in [3.8, 4) is 0 Å². The van der Waals surface area contributed by atoms with Gasteiger partial charge < -0.3 is 5.32 Å². The summed E-state index contributed by atoms with van der Waals surface area (Å²) in [6.45, 7) is 12.0. The Morgan fingerprint density at radius 1 is 1.25 bits per heavy atom. The molecule has 0 aliphatic heterocycles. The molecule has 1 aromatic rings. The number of nitrogens with zero attached hydrogens (tertiary/aromatic N) is 1. The van der Waals surface area contributed by atoms with Gasteiger partial charge in [0.15, 0.2) is 0 Å². The van der Waals surface area contributed by atoms with Crippen molar-refractivity contribution in [1.29, 1.82) is 0 Å². The Morgan fingerprint density at radius 3 is 2.50 bits per heavy atom. The minimum atomic E-state index is 0.620. The number of hydrogen-bond donors (Lipinski definition) is 1. The van der Waals surface area contributed by atoms with E-state index < -0.39 is 0 Å². The molecule has 2 nitrogen and oxygen atoms in total. The molecule has 0 bridgehead atoms. The molecule has 0 amide bonds. The van der Waals surface area contributed by atoms with Gasteiger partial charge in [0.2, 0.25) is 0 Å². The first-order chi connectivity index (χ1) is 9.43. The molecule has 1 rings (SSSR count).